The molecule has 160 valence electrons. The zero-order chi connectivity index (χ0) is 21.4. The summed E-state index contributed by atoms with van der Waals surface area (Å²) in [5.74, 6) is -0.521. The molecular formula is C19H27N3O5S2. The number of hydrogen-bond acceptors (Lipinski definition) is 8. The van der Waals surface area contributed by atoms with E-state index >= 15 is 0 Å². The third kappa shape index (κ3) is 4.10. The number of nitrogens with zero attached hydrogens (tertiary/aromatic N) is 2. The van der Waals surface area contributed by atoms with Crippen LogP contribution in [0.5, 0.6) is 0 Å². The van der Waals surface area contributed by atoms with Crippen LogP contribution in [0.1, 0.15) is 56.1 Å². The molecule has 29 heavy (non-hydrogen) atoms. The number of nitrogens with one attached hydrogen (secondary N) is 1. The zero-order valence-corrected chi connectivity index (χ0v) is 18.9. The Labute approximate surface area is 175 Å². The van der Waals surface area contributed by atoms with Gasteiger partial charge in [0.1, 0.15) is 4.75 Å². The molecule has 0 bridgehead atoms. The molecule has 0 aliphatic carbocycles. The highest BCUT2D eigenvalue weighted by Gasteiger charge is 2.47. The van der Waals surface area contributed by atoms with Gasteiger partial charge in [0, 0.05) is 35.8 Å². The van der Waals surface area contributed by atoms with Crippen LogP contribution in [-0.4, -0.2) is 47.7 Å². The molecular weight excluding hydrogens is 414 g/mol. The summed E-state index contributed by atoms with van der Waals surface area (Å²) in [7, 11) is -3.70. The fourth-order valence-corrected chi connectivity index (χ4v) is 6.04. The highest BCUT2D eigenvalue weighted by Crippen LogP contribution is 2.35. The van der Waals surface area contributed by atoms with Gasteiger partial charge in [-0.3, -0.25) is 10.1 Å². The number of ether oxygens (including phenoxy) is 1. The van der Waals surface area contributed by atoms with Crippen LogP contribution in [-0.2, 0) is 24.8 Å². The van der Waals surface area contributed by atoms with Crippen molar-refractivity contribution in [3.8, 4) is 0 Å². The molecule has 3 heterocycles. The molecule has 1 N–H and O–H groups in total. The number of rotatable bonds is 6. The minimum absolute atomic E-state index is 0.120. The first-order chi connectivity index (χ1) is 13.5. The van der Waals surface area contributed by atoms with Crippen LogP contribution in [0, 0.1) is 6.92 Å². The minimum atomic E-state index is -3.70. The van der Waals surface area contributed by atoms with Gasteiger partial charge < -0.3 is 9.26 Å². The van der Waals surface area contributed by atoms with Crippen LogP contribution < -0.4 is 5.32 Å². The SMILES string of the molecule is Cc1ncc(C(C)(C)c2cc(NC(=O)C(C)(C)S(=O)(=O)C3CCOCC3)on2)s1. The lowest BCUT2D eigenvalue weighted by molar-refractivity contribution is -0.118. The normalized spacial score (nSPS) is 16.7. The van der Waals surface area contributed by atoms with Crippen molar-refractivity contribution in [2.24, 2.45) is 0 Å². The van der Waals surface area contributed by atoms with Gasteiger partial charge in [0.15, 0.2) is 9.84 Å². The summed E-state index contributed by atoms with van der Waals surface area (Å²) in [4.78, 5) is 18.1. The van der Waals surface area contributed by atoms with Gasteiger partial charge in [-0.2, -0.15) is 0 Å². The second-order valence-corrected chi connectivity index (χ2v) is 12.3. The summed E-state index contributed by atoms with van der Waals surface area (Å²) < 4.78 is 35.0. The van der Waals surface area contributed by atoms with Gasteiger partial charge in [-0.25, -0.2) is 13.4 Å². The Kier molecular flexibility index (Phi) is 5.90. The van der Waals surface area contributed by atoms with Crippen LogP contribution in [0.2, 0.25) is 0 Å². The molecule has 3 rings (SSSR count). The Hall–Kier alpha value is -1.78. The average Bonchev–Trinajstić information content (AvgIpc) is 3.32. The maximum Gasteiger partial charge on any atom is 0.247 e. The lowest BCUT2D eigenvalue weighted by Crippen LogP contribution is -2.50. The van der Waals surface area contributed by atoms with E-state index in [1.54, 1.807) is 23.6 Å². The molecule has 1 amide bonds. The van der Waals surface area contributed by atoms with Crippen LogP contribution in [0.15, 0.2) is 16.8 Å². The predicted molar refractivity (Wildman–Crippen MR) is 111 cm³/mol. The van der Waals surface area contributed by atoms with Gasteiger partial charge in [0.05, 0.1) is 16.0 Å². The Balaban J connectivity index is 1.77. The molecule has 1 aliphatic heterocycles. The van der Waals surface area contributed by atoms with Gasteiger partial charge in [-0.15, -0.1) is 11.3 Å². The molecule has 0 atom stereocenters. The summed E-state index contributed by atoms with van der Waals surface area (Å²) in [5, 5.41) is 7.03. The molecule has 0 aromatic carbocycles. The Morgan fingerprint density at radius 3 is 2.48 bits per heavy atom. The molecule has 2 aromatic rings. The predicted octanol–water partition coefficient (Wildman–Crippen LogP) is 3.08. The maximum absolute atomic E-state index is 13.0. The van der Waals surface area contributed by atoms with E-state index < -0.39 is 31.2 Å². The number of anilines is 1. The number of aryl methyl sites for hydroxylation is 1. The summed E-state index contributed by atoms with van der Waals surface area (Å²) in [6.45, 7) is 9.53. The van der Waals surface area contributed by atoms with Crippen LogP contribution in [0.25, 0.3) is 0 Å². The van der Waals surface area contributed by atoms with E-state index in [2.05, 4.69) is 15.5 Å². The Morgan fingerprint density at radius 2 is 1.90 bits per heavy atom. The van der Waals surface area contributed by atoms with Crippen LogP contribution >= 0.6 is 11.3 Å². The number of amides is 1. The van der Waals surface area contributed by atoms with E-state index in [0.717, 1.165) is 9.88 Å². The smallest absolute Gasteiger partial charge is 0.247 e. The van der Waals surface area contributed by atoms with Gasteiger partial charge in [0.2, 0.25) is 11.8 Å². The second-order valence-electron chi connectivity index (χ2n) is 8.27. The quantitative estimate of drug-likeness (QED) is 0.733. The summed E-state index contributed by atoms with van der Waals surface area (Å²) in [6, 6.07) is 1.63. The monoisotopic (exact) mass is 441 g/mol. The van der Waals surface area contributed by atoms with Gasteiger partial charge in [0.25, 0.3) is 0 Å². The first-order valence-electron chi connectivity index (χ1n) is 9.49. The van der Waals surface area contributed by atoms with E-state index in [9.17, 15) is 13.2 Å². The number of aromatic nitrogens is 2. The summed E-state index contributed by atoms with van der Waals surface area (Å²) in [5.41, 5.74) is 0.170. The molecule has 0 spiro atoms. The molecule has 8 nitrogen and oxygen atoms in total. The van der Waals surface area contributed by atoms with Gasteiger partial charge >= 0.3 is 0 Å². The molecule has 0 unspecified atom stereocenters. The van der Waals surface area contributed by atoms with Crippen molar-refractivity contribution in [2.45, 2.75) is 62.9 Å². The minimum Gasteiger partial charge on any atom is -0.381 e. The number of carbonyl (C=O) groups excluding carboxylic acids is 1. The molecule has 1 saturated heterocycles. The van der Waals surface area contributed by atoms with Gasteiger partial charge in [-0.05, 0) is 47.5 Å². The van der Waals surface area contributed by atoms with Crippen LogP contribution in [0.3, 0.4) is 0 Å². The van der Waals surface area contributed by atoms with Crippen molar-refractivity contribution < 1.29 is 22.5 Å². The zero-order valence-electron chi connectivity index (χ0n) is 17.3. The van der Waals surface area contributed by atoms with E-state index in [0.29, 0.717) is 31.7 Å². The molecule has 0 radical (unpaired) electrons. The number of thiazole rings is 1. The van der Waals surface area contributed by atoms with E-state index in [4.69, 9.17) is 9.26 Å². The Morgan fingerprint density at radius 1 is 1.24 bits per heavy atom. The second kappa shape index (κ2) is 7.81. The first-order valence-corrected chi connectivity index (χ1v) is 11.9. The lowest BCUT2D eigenvalue weighted by atomic mass is 9.88. The fraction of sp³-hybridized carbons (Fsp3) is 0.632. The lowest BCUT2D eigenvalue weighted by Gasteiger charge is -2.30. The van der Waals surface area contributed by atoms with Crippen LogP contribution in [0.4, 0.5) is 5.88 Å². The molecule has 1 fully saturated rings. The maximum atomic E-state index is 13.0. The van der Waals surface area contributed by atoms with E-state index in [-0.39, 0.29) is 5.88 Å². The first kappa shape index (κ1) is 21.9. The van der Waals surface area contributed by atoms with Gasteiger partial charge in [-0.1, -0.05) is 5.16 Å². The highest BCUT2D eigenvalue weighted by atomic mass is 32.2. The van der Waals surface area contributed by atoms with Crippen molar-refractivity contribution in [3.05, 3.63) is 27.8 Å². The van der Waals surface area contributed by atoms with E-state index in [1.807, 2.05) is 20.8 Å². The molecule has 2 aromatic heterocycles. The van der Waals surface area contributed by atoms with Crippen molar-refractivity contribution in [2.75, 3.05) is 18.5 Å². The molecule has 0 saturated carbocycles. The summed E-state index contributed by atoms with van der Waals surface area (Å²) in [6.07, 6.45) is 2.60. The van der Waals surface area contributed by atoms with Crippen molar-refractivity contribution in [1.29, 1.82) is 0 Å². The van der Waals surface area contributed by atoms with E-state index in [1.165, 1.54) is 13.8 Å². The largest absolute Gasteiger partial charge is 0.381 e. The van der Waals surface area contributed by atoms with Crippen molar-refractivity contribution in [3.63, 3.8) is 0 Å². The third-order valence-corrected chi connectivity index (χ3v) is 9.68. The van der Waals surface area contributed by atoms with Crippen molar-refractivity contribution in [1.82, 2.24) is 10.1 Å². The number of carbonyl (C=O) groups is 1. The molecule has 1 aliphatic rings. The fourth-order valence-electron chi connectivity index (χ4n) is 3.20. The topological polar surface area (TPSA) is 111 Å². The van der Waals surface area contributed by atoms with Crippen molar-refractivity contribution >= 4 is 33.0 Å². The number of sulfone groups is 1. The molecule has 10 heteroatoms. The standard InChI is InChI=1S/C19H27N3O5S2/c1-12-20-11-15(28-12)18(2,3)14-10-16(27-22-14)21-17(23)19(4,5)29(24,25)13-6-8-26-9-7-13/h10-11,13H,6-9H2,1-5H3,(H,21,23). The highest BCUT2D eigenvalue weighted by molar-refractivity contribution is 7.94. The third-order valence-electron chi connectivity index (χ3n) is 5.49. The summed E-state index contributed by atoms with van der Waals surface area (Å²) >= 11 is 1.57. The Bertz CT molecular complexity index is 985. The average molecular weight is 442 g/mol. The number of hydrogen-bond donors (Lipinski definition) is 1.